The Balaban J connectivity index is 1.91. The Kier molecular flexibility index (Phi) is 5.59. The number of rotatable bonds is 6. The zero-order valence-electron chi connectivity index (χ0n) is 11.9. The molecule has 112 valence electrons. The summed E-state index contributed by atoms with van der Waals surface area (Å²) in [7, 11) is 1.33. The SMILES string of the molecule is COC(=O)c1sc(NC(C)CCc2ccccc2)nc1Cl. The Morgan fingerprint density at radius 3 is 2.81 bits per heavy atom. The standard InChI is InChI=1S/C15H17ClN2O2S/c1-10(8-9-11-6-4-3-5-7-11)17-15-18-13(16)12(21-15)14(19)20-2/h3-7,10H,8-9H2,1-2H3,(H,17,18). The highest BCUT2D eigenvalue weighted by atomic mass is 35.5. The van der Waals surface area contributed by atoms with Crippen molar-refractivity contribution in [2.45, 2.75) is 25.8 Å². The summed E-state index contributed by atoms with van der Waals surface area (Å²) in [6.45, 7) is 2.08. The number of aromatic nitrogens is 1. The number of thiazole rings is 1. The molecule has 1 atom stereocenters. The number of methoxy groups -OCH3 is 1. The topological polar surface area (TPSA) is 51.2 Å². The van der Waals surface area contributed by atoms with Crippen molar-refractivity contribution in [3.8, 4) is 0 Å². The zero-order valence-corrected chi connectivity index (χ0v) is 13.5. The minimum absolute atomic E-state index is 0.185. The van der Waals surface area contributed by atoms with Gasteiger partial charge in [-0.3, -0.25) is 0 Å². The average molecular weight is 325 g/mol. The van der Waals surface area contributed by atoms with Crippen LogP contribution in [0.2, 0.25) is 5.15 Å². The predicted octanol–water partition coefficient (Wildman–Crippen LogP) is 4.02. The van der Waals surface area contributed by atoms with Gasteiger partial charge in [0.15, 0.2) is 15.2 Å². The number of nitrogens with zero attached hydrogens (tertiary/aromatic N) is 1. The van der Waals surface area contributed by atoms with Crippen molar-refractivity contribution in [1.82, 2.24) is 4.98 Å². The van der Waals surface area contributed by atoms with Crippen LogP contribution in [0.4, 0.5) is 5.13 Å². The van der Waals surface area contributed by atoms with E-state index in [2.05, 4.69) is 34.1 Å². The fourth-order valence-electron chi connectivity index (χ4n) is 1.89. The maximum absolute atomic E-state index is 11.5. The number of aryl methyl sites for hydroxylation is 1. The molecular formula is C15H17ClN2O2S. The lowest BCUT2D eigenvalue weighted by atomic mass is 10.1. The highest BCUT2D eigenvalue weighted by molar-refractivity contribution is 7.18. The molecule has 0 saturated carbocycles. The largest absolute Gasteiger partial charge is 0.465 e. The van der Waals surface area contributed by atoms with Crippen molar-refractivity contribution in [3.63, 3.8) is 0 Å². The molecule has 0 bridgehead atoms. The van der Waals surface area contributed by atoms with E-state index in [1.54, 1.807) is 0 Å². The number of hydrogen-bond acceptors (Lipinski definition) is 5. The molecule has 0 amide bonds. The third-order valence-electron chi connectivity index (χ3n) is 3.04. The molecule has 1 aromatic heterocycles. The second-order valence-corrected chi connectivity index (χ2v) is 6.06. The molecule has 0 saturated heterocycles. The van der Waals surface area contributed by atoms with Crippen molar-refractivity contribution in [1.29, 1.82) is 0 Å². The van der Waals surface area contributed by atoms with Gasteiger partial charge in [0.2, 0.25) is 0 Å². The monoisotopic (exact) mass is 324 g/mol. The van der Waals surface area contributed by atoms with Crippen molar-refractivity contribution >= 4 is 34.0 Å². The lowest BCUT2D eigenvalue weighted by Crippen LogP contribution is -2.15. The van der Waals surface area contributed by atoms with E-state index >= 15 is 0 Å². The number of anilines is 1. The maximum Gasteiger partial charge on any atom is 0.351 e. The third-order valence-corrected chi connectivity index (χ3v) is 4.39. The van der Waals surface area contributed by atoms with Crippen LogP contribution in [-0.2, 0) is 11.2 Å². The molecule has 2 aromatic rings. The van der Waals surface area contributed by atoms with Crippen LogP contribution < -0.4 is 5.32 Å². The van der Waals surface area contributed by atoms with E-state index in [1.807, 2.05) is 18.2 Å². The van der Waals surface area contributed by atoms with Gasteiger partial charge in [0.05, 0.1) is 7.11 Å². The number of nitrogens with one attached hydrogen (secondary N) is 1. The van der Waals surface area contributed by atoms with Crippen molar-refractivity contribution in [2.24, 2.45) is 0 Å². The van der Waals surface area contributed by atoms with E-state index in [-0.39, 0.29) is 11.2 Å². The number of hydrogen-bond donors (Lipinski definition) is 1. The van der Waals surface area contributed by atoms with Crippen LogP contribution in [-0.4, -0.2) is 24.1 Å². The highest BCUT2D eigenvalue weighted by Crippen LogP contribution is 2.28. The summed E-state index contributed by atoms with van der Waals surface area (Å²) in [5.41, 5.74) is 1.30. The number of benzene rings is 1. The van der Waals surface area contributed by atoms with Crippen LogP contribution >= 0.6 is 22.9 Å². The van der Waals surface area contributed by atoms with E-state index in [4.69, 9.17) is 11.6 Å². The zero-order chi connectivity index (χ0) is 15.2. The first-order valence-electron chi connectivity index (χ1n) is 6.65. The molecule has 1 aromatic carbocycles. The fraction of sp³-hybridized carbons (Fsp3) is 0.333. The molecule has 1 N–H and O–H groups in total. The minimum Gasteiger partial charge on any atom is -0.465 e. The summed E-state index contributed by atoms with van der Waals surface area (Å²) in [4.78, 5) is 16.0. The Labute approximate surface area is 133 Å². The van der Waals surface area contributed by atoms with Gasteiger partial charge in [-0.15, -0.1) is 0 Å². The quantitative estimate of drug-likeness (QED) is 0.815. The van der Waals surface area contributed by atoms with E-state index < -0.39 is 5.97 Å². The van der Waals surface area contributed by atoms with E-state index in [0.29, 0.717) is 10.0 Å². The van der Waals surface area contributed by atoms with Crippen LogP contribution in [0, 0.1) is 0 Å². The van der Waals surface area contributed by atoms with Crippen molar-refractivity contribution < 1.29 is 9.53 Å². The molecule has 0 spiro atoms. The fourth-order valence-corrected chi connectivity index (χ4v) is 3.11. The molecule has 0 aliphatic rings. The Hall–Kier alpha value is -1.59. The summed E-state index contributed by atoms with van der Waals surface area (Å²) in [5.74, 6) is -0.456. The maximum atomic E-state index is 11.5. The van der Waals surface area contributed by atoms with Crippen LogP contribution in [0.3, 0.4) is 0 Å². The minimum atomic E-state index is -0.456. The molecule has 1 heterocycles. The number of esters is 1. The molecule has 21 heavy (non-hydrogen) atoms. The molecule has 0 aliphatic heterocycles. The molecule has 1 unspecified atom stereocenters. The molecule has 0 fully saturated rings. The second-order valence-electron chi connectivity index (χ2n) is 4.70. The van der Waals surface area contributed by atoms with E-state index in [9.17, 15) is 4.79 Å². The number of halogens is 1. The molecule has 2 rings (SSSR count). The van der Waals surface area contributed by atoms with Gasteiger partial charge in [-0.05, 0) is 25.3 Å². The van der Waals surface area contributed by atoms with Gasteiger partial charge in [0.25, 0.3) is 0 Å². The van der Waals surface area contributed by atoms with Crippen LogP contribution in [0.15, 0.2) is 30.3 Å². The second kappa shape index (κ2) is 7.43. The van der Waals surface area contributed by atoms with Crippen LogP contribution in [0.1, 0.15) is 28.6 Å². The number of carbonyl (C=O) groups is 1. The van der Waals surface area contributed by atoms with Crippen molar-refractivity contribution in [3.05, 3.63) is 45.9 Å². The Morgan fingerprint density at radius 2 is 2.14 bits per heavy atom. The first kappa shape index (κ1) is 15.8. The van der Waals surface area contributed by atoms with Crippen LogP contribution in [0.25, 0.3) is 0 Å². The van der Waals surface area contributed by atoms with Gasteiger partial charge >= 0.3 is 5.97 Å². The van der Waals surface area contributed by atoms with Gasteiger partial charge in [0.1, 0.15) is 0 Å². The normalized spacial score (nSPS) is 12.0. The third kappa shape index (κ3) is 4.44. The first-order chi connectivity index (χ1) is 10.1. The van der Waals surface area contributed by atoms with Gasteiger partial charge in [-0.25, -0.2) is 9.78 Å². The summed E-state index contributed by atoms with van der Waals surface area (Å²) in [6.07, 6.45) is 1.95. The van der Waals surface area contributed by atoms with Gasteiger partial charge in [-0.1, -0.05) is 53.3 Å². The molecule has 0 radical (unpaired) electrons. The smallest absolute Gasteiger partial charge is 0.351 e. The lowest BCUT2D eigenvalue weighted by Gasteiger charge is -2.12. The lowest BCUT2D eigenvalue weighted by molar-refractivity contribution is 0.0606. The summed E-state index contributed by atoms with van der Waals surface area (Å²) in [6, 6.07) is 10.5. The highest BCUT2D eigenvalue weighted by Gasteiger charge is 2.18. The molecule has 4 nitrogen and oxygen atoms in total. The van der Waals surface area contributed by atoms with Crippen molar-refractivity contribution in [2.75, 3.05) is 12.4 Å². The van der Waals surface area contributed by atoms with E-state index in [1.165, 1.54) is 24.0 Å². The van der Waals surface area contributed by atoms with E-state index in [0.717, 1.165) is 12.8 Å². The first-order valence-corrected chi connectivity index (χ1v) is 7.84. The molecule has 0 aliphatic carbocycles. The Bertz CT molecular complexity index is 601. The predicted molar refractivity (Wildman–Crippen MR) is 86.3 cm³/mol. The van der Waals surface area contributed by atoms with Crippen LogP contribution in [0.5, 0.6) is 0 Å². The average Bonchev–Trinajstić information content (AvgIpc) is 2.86. The Morgan fingerprint density at radius 1 is 1.43 bits per heavy atom. The summed E-state index contributed by atoms with van der Waals surface area (Å²) >= 11 is 7.15. The summed E-state index contributed by atoms with van der Waals surface area (Å²) < 4.78 is 4.66. The van der Waals surface area contributed by atoms with Gasteiger partial charge < -0.3 is 10.1 Å². The molecule has 6 heteroatoms. The van der Waals surface area contributed by atoms with Gasteiger partial charge in [-0.2, -0.15) is 0 Å². The van der Waals surface area contributed by atoms with Gasteiger partial charge in [0, 0.05) is 6.04 Å². The molecular weight excluding hydrogens is 308 g/mol. The number of ether oxygens (including phenoxy) is 1. The summed E-state index contributed by atoms with van der Waals surface area (Å²) in [5, 5.41) is 4.09. The number of carbonyl (C=O) groups excluding carboxylic acids is 1.